The maximum Gasteiger partial charge on any atom is 0.320 e. The summed E-state index contributed by atoms with van der Waals surface area (Å²) in [5.74, 6) is -0.967. The molecule has 0 spiro atoms. The minimum absolute atomic E-state index is 0. The number of carbonyl (C=O) groups is 1. The zero-order valence-corrected chi connectivity index (χ0v) is 10.6. The van der Waals surface area contributed by atoms with E-state index in [2.05, 4.69) is 15.9 Å². The average molecular weight is 295 g/mol. The first-order valence-electron chi connectivity index (χ1n) is 4.24. The molecule has 1 atom stereocenters. The Bertz CT molecular complexity index is 357. The van der Waals surface area contributed by atoms with Crippen LogP contribution in [-0.4, -0.2) is 17.1 Å². The summed E-state index contributed by atoms with van der Waals surface area (Å²) in [5, 5.41) is 8.63. The van der Waals surface area contributed by atoms with Gasteiger partial charge in [-0.3, -0.25) is 4.79 Å². The minimum atomic E-state index is -0.967. The summed E-state index contributed by atoms with van der Waals surface area (Å²) in [6, 6.07) is 4.89. The summed E-state index contributed by atoms with van der Waals surface area (Å²) < 4.78 is 1.02. The number of aliphatic carboxylic acids is 1. The zero-order valence-electron chi connectivity index (χ0n) is 8.24. The molecule has 3 N–H and O–H groups in total. The standard InChI is InChI=1S/C10H12BrNO2.ClH/c1-6-4-7(2-3-8(6)11)5-9(12)10(13)14;/h2-4,9H,5,12H2,1H3,(H,13,14);1H. The summed E-state index contributed by atoms with van der Waals surface area (Å²) in [6.45, 7) is 1.96. The van der Waals surface area contributed by atoms with Crippen LogP contribution in [0.25, 0.3) is 0 Å². The van der Waals surface area contributed by atoms with Gasteiger partial charge in [0, 0.05) is 4.47 Å². The molecule has 1 rings (SSSR count). The first-order chi connectivity index (χ1) is 6.50. The van der Waals surface area contributed by atoms with Crippen molar-refractivity contribution in [3.8, 4) is 0 Å². The molecule has 0 aromatic heterocycles. The predicted molar refractivity (Wildman–Crippen MR) is 65.4 cm³/mol. The molecule has 5 heteroatoms. The number of carboxylic acids is 1. The van der Waals surface area contributed by atoms with Crippen molar-refractivity contribution < 1.29 is 9.90 Å². The molecule has 0 heterocycles. The molecule has 1 aromatic carbocycles. The van der Waals surface area contributed by atoms with Gasteiger partial charge in [0.05, 0.1) is 0 Å². The van der Waals surface area contributed by atoms with E-state index in [-0.39, 0.29) is 12.4 Å². The average Bonchev–Trinajstić information content (AvgIpc) is 2.11. The number of carboxylic acid groups (broad SMARTS) is 1. The molecule has 0 saturated heterocycles. The van der Waals surface area contributed by atoms with E-state index in [4.69, 9.17) is 10.8 Å². The highest BCUT2D eigenvalue weighted by Crippen LogP contribution is 2.17. The van der Waals surface area contributed by atoms with E-state index < -0.39 is 12.0 Å². The number of halogens is 2. The molecule has 0 aliphatic rings. The lowest BCUT2D eigenvalue weighted by Crippen LogP contribution is -2.32. The van der Waals surface area contributed by atoms with Crippen LogP contribution in [-0.2, 0) is 11.2 Å². The number of hydrogen-bond donors (Lipinski definition) is 2. The molecule has 0 fully saturated rings. The van der Waals surface area contributed by atoms with Crippen molar-refractivity contribution >= 4 is 34.3 Å². The second-order valence-electron chi connectivity index (χ2n) is 3.23. The molecule has 3 nitrogen and oxygen atoms in total. The van der Waals surface area contributed by atoms with Crippen LogP contribution in [0.5, 0.6) is 0 Å². The summed E-state index contributed by atoms with van der Waals surface area (Å²) in [4.78, 5) is 10.5. The van der Waals surface area contributed by atoms with Crippen LogP contribution in [0, 0.1) is 6.92 Å². The summed E-state index contributed by atoms with van der Waals surface area (Å²) in [5.41, 5.74) is 7.45. The molecule has 0 radical (unpaired) electrons. The Hall–Kier alpha value is -0.580. The SMILES string of the molecule is Cc1cc(CC(N)C(=O)O)ccc1Br.Cl. The Morgan fingerprint density at radius 3 is 2.67 bits per heavy atom. The Balaban J connectivity index is 0.00000196. The lowest BCUT2D eigenvalue weighted by molar-refractivity contribution is -0.138. The molecule has 0 amide bonds. The summed E-state index contributed by atoms with van der Waals surface area (Å²) >= 11 is 3.38. The molecule has 15 heavy (non-hydrogen) atoms. The van der Waals surface area contributed by atoms with Gasteiger partial charge in [-0.25, -0.2) is 0 Å². The van der Waals surface area contributed by atoms with Crippen LogP contribution in [0.1, 0.15) is 11.1 Å². The third-order valence-electron chi connectivity index (χ3n) is 2.00. The van der Waals surface area contributed by atoms with Crippen molar-refractivity contribution in [3.05, 3.63) is 33.8 Å². The maximum absolute atomic E-state index is 10.5. The third kappa shape index (κ3) is 4.20. The van der Waals surface area contributed by atoms with Crippen LogP contribution in [0.15, 0.2) is 22.7 Å². The van der Waals surface area contributed by atoms with Gasteiger partial charge in [-0.1, -0.05) is 28.1 Å². The molecule has 0 aliphatic carbocycles. The normalized spacial score (nSPS) is 11.7. The highest BCUT2D eigenvalue weighted by Gasteiger charge is 2.12. The molecule has 1 aromatic rings. The van der Waals surface area contributed by atoms with E-state index >= 15 is 0 Å². The molecular weight excluding hydrogens is 281 g/mol. The van der Waals surface area contributed by atoms with Crippen LogP contribution in [0.3, 0.4) is 0 Å². The second-order valence-corrected chi connectivity index (χ2v) is 4.09. The van der Waals surface area contributed by atoms with E-state index in [1.54, 1.807) is 0 Å². The van der Waals surface area contributed by atoms with Gasteiger partial charge in [-0.15, -0.1) is 12.4 Å². The first kappa shape index (κ1) is 14.4. The van der Waals surface area contributed by atoms with Crippen molar-refractivity contribution in [2.75, 3.05) is 0 Å². The van der Waals surface area contributed by atoms with Crippen molar-refractivity contribution in [3.63, 3.8) is 0 Å². The zero-order chi connectivity index (χ0) is 10.7. The quantitative estimate of drug-likeness (QED) is 0.897. The van der Waals surface area contributed by atoms with Crippen molar-refractivity contribution in [2.45, 2.75) is 19.4 Å². The van der Waals surface area contributed by atoms with Crippen LogP contribution >= 0.6 is 28.3 Å². The van der Waals surface area contributed by atoms with Gasteiger partial charge in [0.1, 0.15) is 6.04 Å². The summed E-state index contributed by atoms with van der Waals surface area (Å²) in [6.07, 6.45) is 0.365. The molecule has 0 bridgehead atoms. The topological polar surface area (TPSA) is 63.3 Å². The number of hydrogen-bond acceptors (Lipinski definition) is 2. The van der Waals surface area contributed by atoms with E-state index in [0.717, 1.165) is 15.6 Å². The Morgan fingerprint density at radius 1 is 1.60 bits per heavy atom. The number of benzene rings is 1. The monoisotopic (exact) mass is 293 g/mol. The Kier molecular flexibility index (Phi) is 5.87. The highest BCUT2D eigenvalue weighted by molar-refractivity contribution is 9.10. The fourth-order valence-electron chi connectivity index (χ4n) is 1.18. The van der Waals surface area contributed by atoms with Crippen molar-refractivity contribution in [1.82, 2.24) is 0 Å². The van der Waals surface area contributed by atoms with Gasteiger partial charge in [0.25, 0.3) is 0 Å². The van der Waals surface area contributed by atoms with Gasteiger partial charge in [0.2, 0.25) is 0 Å². The number of nitrogens with two attached hydrogens (primary N) is 1. The van der Waals surface area contributed by atoms with Gasteiger partial charge in [0.15, 0.2) is 0 Å². The fourth-order valence-corrected chi connectivity index (χ4v) is 1.42. The Morgan fingerprint density at radius 2 is 2.20 bits per heavy atom. The number of rotatable bonds is 3. The first-order valence-corrected chi connectivity index (χ1v) is 5.03. The lowest BCUT2D eigenvalue weighted by Gasteiger charge is -2.07. The highest BCUT2D eigenvalue weighted by atomic mass is 79.9. The Labute approximate surface area is 103 Å². The van der Waals surface area contributed by atoms with Crippen LogP contribution in [0.2, 0.25) is 0 Å². The molecule has 0 saturated carbocycles. The lowest BCUT2D eigenvalue weighted by atomic mass is 10.0. The van der Waals surface area contributed by atoms with Crippen LogP contribution < -0.4 is 5.73 Å². The van der Waals surface area contributed by atoms with Gasteiger partial charge in [-0.2, -0.15) is 0 Å². The fraction of sp³-hybridized carbons (Fsp3) is 0.300. The predicted octanol–water partition coefficient (Wildman–Crippen LogP) is 2.13. The van der Waals surface area contributed by atoms with Gasteiger partial charge in [-0.05, 0) is 30.5 Å². The molecule has 84 valence electrons. The van der Waals surface area contributed by atoms with Crippen molar-refractivity contribution in [2.24, 2.45) is 5.73 Å². The number of aryl methyl sites for hydroxylation is 1. The van der Waals surface area contributed by atoms with Gasteiger partial charge < -0.3 is 10.8 Å². The molecule has 1 unspecified atom stereocenters. The maximum atomic E-state index is 10.5. The molecule has 0 aliphatic heterocycles. The van der Waals surface area contributed by atoms with E-state index in [1.165, 1.54) is 0 Å². The van der Waals surface area contributed by atoms with E-state index in [9.17, 15) is 4.79 Å². The smallest absolute Gasteiger partial charge is 0.320 e. The third-order valence-corrected chi connectivity index (χ3v) is 2.88. The minimum Gasteiger partial charge on any atom is -0.480 e. The van der Waals surface area contributed by atoms with Crippen molar-refractivity contribution in [1.29, 1.82) is 0 Å². The van der Waals surface area contributed by atoms with E-state index in [1.807, 2.05) is 25.1 Å². The second kappa shape index (κ2) is 6.10. The van der Waals surface area contributed by atoms with Gasteiger partial charge >= 0.3 is 5.97 Å². The van der Waals surface area contributed by atoms with Crippen LogP contribution in [0.4, 0.5) is 0 Å². The summed E-state index contributed by atoms with van der Waals surface area (Å²) in [7, 11) is 0. The molecular formula is C10H13BrClNO2. The van der Waals surface area contributed by atoms with E-state index in [0.29, 0.717) is 6.42 Å². The largest absolute Gasteiger partial charge is 0.480 e.